The zero-order chi connectivity index (χ0) is 16.3. The number of carbonyl (C=O) groups excluding carboxylic acids is 3. The van der Waals surface area contributed by atoms with Crippen LogP contribution in [0.4, 0.5) is 5.69 Å². The highest BCUT2D eigenvalue weighted by Gasteiger charge is 2.44. The van der Waals surface area contributed by atoms with Crippen LogP contribution in [-0.2, 0) is 23.9 Å². The molecule has 0 unspecified atom stereocenters. The Kier molecular flexibility index (Phi) is 4.60. The average Bonchev–Trinajstić information content (AvgIpc) is 2.52. The van der Waals surface area contributed by atoms with Crippen molar-refractivity contribution in [1.29, 1.82) is 0 Å². The maximum absolute atomic E-state index is 12.3. The fraction of sp³-hybridized carbons (Fsp3) is 0.312. The Bertz CT molecular complexity index is 637. The van der Waals surface area contributed by atoms with E-state index in [1.54, 1.807) is 31.2 Å². The molecular formula is C16H17NO5. The summed E-state index contributed by atoms with van der Waals surface area (Å²) in [6, 6.07) is 6.95. The van der Waals surface area contributed by atoms with Gasteiger partial charge in [0.2, 0.25) is 5.91 Å². The van der Waals surface area contributed by atoms with Crippen molar-refractivity contribution in [2.75, 3.05) is 19.0 Å². The van der Waals surface area contributed by atoms with E-state index in [1.165, 1.54) is 7.11 Å². The summed E-state index contributed by atoms with van der Waals surface area (Å²) in [5, 5.41) is 2.66. The van der Waals surface area contributed by atoms with E-state index in [0.29, 0.717) is 11.3 Å². The second kappa shape index (κ2) is 6.43. The normalized spacial score (nSPS) is 19.6. The lowest BCUT2D eigenvalue weighted by molar-refractivity contribution is -0.151. The molecule has 6 nitrogen and oxygen atoms in total. The molecule has 2 rings (SSSR count). The van der Waals surface area contributed by atoms with Crippen molar-refractivity contribution in [1.82, 2.24) is 0 Å². The molecule has 0 bridgehead atoms. The second-order valence-corrected chi connectivity index (χ2v) is 4.80. The van der Waals surface area contributed by atoms with Crippen molar-refractivity contribution in [3.8, 4) is 0 Å². The lowest BCUT2D eigenvalue weighted by atomic mass is 9.77. The third-order valence-corrected chi connectivity index (χ3v) is 3.53. The first kappa shape index (κ1) is 15.8. The molecule has 0 aliphatic carbocycles. The van der Waals surface area contributed by atoms with Crippen molar-refractivity contribution in [3.63, 3.8) is 0 Å². The zero-order valence-corrected chi connectivity index (χ0v) is 12.4. The van der Waals surface area contributed by atoms with Crippen molar-refractivity contribution in [2.24, 2.45) is 5.92 Å². The summed E-state index contributed by atoms with van der Waals surface area (Å²) in [5.41, 5.74) is 1.22. The molecule has 0 saturated heterocycles. The first-order valence-electron chi connectivity index (χ1n) is 6.84. The fourth-order valence-electron chi connectivity index (χ4n) is 2.55. The number of rotatable bonds is 4. The molecule has 1 N–H and O–H groups in total. The smallest absolute Gasteiger partial charge is 0.333 e. The highest BCUT2D eigenvalue weighted by Crippen LogP contribution is 2.41. The Balaban J connectivity index is 2.52. The van der Waals surface area contributed by atoms with Gasteiger partial charge < -0.3 is 14.8 Å². The van der Waals surface area contributed by atoms with Crippen LogP contribution < -0.4 is 5.32 Å². The van der Waals surface area contributed by atoms with Gasteiger partial charge in [0, 0.05) is 17.2 Å². The third-order valence-electron chi connectivity index (χ3n) is 3.53. The van der Waals surface area contributed by atoms with E-state index in [0.717, 1.165) is 0 Å². The lowest BCUT2D eigenvalue weighted by Crippen LogP contribution is -2.41. The van der Waals surface area contributed by atoms with Gasteiger partial charge in [-0.05, 0) is 18.6 Å². The van der Waals surface area contributed by atoms with Gasteiger partial charge in [0.25, 0.3) is 0 Å². The van der Waals surface area contributed by atoms with Crippen molar-refractivity contribution in [2.45, 2.75) is 12.8 Å². The number of methoxy groups -OCH3 is 1. The summed E-state index contributed by atoms with van der Waals surface area (Å²) in [6.45, 7) is 5.50. The number of esters is 2. The van der Waals surface area contributed by atoms with E-state index >= 15 is 0 Å². The van der Waals surface area contributed by atoms with Gasteiger partial charge in [-0.1, -0.05) is 24.8 Å². The summed E-state index contributed by atoms with van der Waals surface area (Å²) < 4.78 is 9.65. The van der Waals surface area contributed by atoms with Gasteiger partial charge >= 0.3 is 11.9 Å². The molecule has 116 valence electrons. The average molecular weight is 303 g/mol. The molecule has 1 heterocycles. The number of amides is 1. The number of carbonyl (C=O) groups is 3. The van der Waals surface area contributed by atoms with Crippen LogP contribution in [0.25, 0.3) is 0 Å². The molecular weight excluding hydrogens is 286 g/mol. The summed E-state index contributed by atoms with van der Waals surface area (Å²) in [5.74, 6) is -3.85. The Labute approximate surface area is 128 Å². The van der Waals surface area contributed by atoms with Crippen LogP contribution in [0.2, 0.25) is 0 Å². The summed E-state index contributed by atoms with van der Waals surface area (Å²) in [4.78, 5) is 36.3. The quantitative estimate of drug-likeness (QED) is 0.519. The van der Waals surface area contributed by atoms with E-state index < -0.39 is 29.7 Å². The second-order valence-electron chi connectivity index (χ2n) is 4.80. The minimum Gasteiger partial charge on any atom is -0.466 e. The third kappa shape index (κ3) is 2.72. The van der Waals surface area contributed by atoms with E-state index in [9.17, 15) is 14.4 Å². The number of fused-ring (bicyclic) bond motifs is 1. The number of nitrogens with one attached hydrogen (secondary N) is 1. The number of hydrogen-bond donors (Lipinski definition) is 1. The van der Waals surface area contributed by atoms with Crippen LogP contribution in [0.15, 0.2) is 36.4 Å². The molecule has 1 aliphatic rings. The standard InChI is InChI=1S/C16H17NO5/c1-4-22-16(20)13-12(9(2)15(19)21-3)10-7-5-6-8-11(10)17-14(13)18/h5-8,12-13H,2,4H2,1,3H3,(H,17,18)/t12-,13+/m1/s1. The highest BCUT2D eigenvalue weighted by atomic mass is 16.5. The van der Waals surface area contributed by atoms with Gasteiger partial charge in [0.15, 0.2) is 0 Å². The molecule has 0 radical (unpaired) electrons. The molecule has 0 spiro atoms. The molecule has 6 heteroatoms. The first-order valence-corrected chi connectivity index (χ1v) is 6.84. The van der Waals surface area contributed by atoms with E-state index in [4.69, 9.17) is 4.74 Å². The van der Waals surface area contributed by atoms with Crippen molar-refractivity contribution >= 4 is 23.5 Å². The Morgan fingerprint density at radius 3 is 2.59 bits per heavy atom. The first-order chi connectivity index (χ1) is 10.5. The number of benzene rings is 1. The van der Waals surface area contributed by atoms with Crippen LogP contribution in [0, 0.1) is 5.92 Å². The molecule has 2 atom stereocenters. The number of anilines is 1. The summed E-state index contributed by atoms with van der Waals surface area (Å²) in [6.07, 6.45) is 0. The van der Waals surface area contributed by atoms with Crippen LogP contribution in [0.5, 0.6) is 0 Å². The monoisotopic (exact) mass is 303 g/mol. The minimum absolute atomic E-state index is 0.0443. The molecule has 1 aliphatic heterocycles. The maximum atomic E-state index is 12.3. The van der Waals surface area contributed by atoms with Gasteiger partial charge in [-0.15, -0.1) is 0 Å². The largest absolute Gasteiger partial charge is 0.466 e. The number of para-hydroxylation sites is 1. The fourth-order valence-corrected chi connectivity index (χ4v) is 2.55. The van der Waals surface area contributed by atoms with Gasteiger partial charge in [0.05, 0.1) is 13.7 Å². The van der Waals surface area contributed by atoms with Crippen LogP contribution in [0.1, 0.15) is 18.4 Å². The molecule has 1 aromatic carbocycles. The molecule has 1 aromatic rings. The minimum atomic E-state index is -1.17. The lowest BCUT2D eigenvalue weighted by Gasteiger charge is -2.32. The topological polar surface area (TPSA) is 81.7 Å². The van der Waals surface area contributed by atoms with Gasteiger partial charge in [-0.25, -0.2) is 4.79 Å². The Morgan fingerprint density at radius 1 is 1.27 bits per heavy atom. The zero-order valence-electron chi connectivity index (χ0n) is 12.4. The van der Waals surface area contributed by atoms with Crippen molar-refractivity contribution < 1.29 is 23.9 Å². The van der Waals surface area contributed by atoms with E-state index in [1.807, 2.05) is 0 Å². The van der Waals surface area contributed by atoms with Crippen LogP contribution in [0.3, 0.4) is 0 Å². The summed E-state index contributed by atoms with van der Waals surface area (Å²) in [7, 11) is 1.22. The number of ether oxygens (including phenoxy) is 2. The summed E-state index contributed by atoms with van der Waals surface area (Å²) >= 11 is 0. The Morgan fingerprint density at radius 2 is 1.95 bits per heavy atom. The predicted molar refractivity (Wildman–Crippen MR) is 79.1 cm³/mol. The molecule has 0 fully saturated rings. The number of hydrogen-bond acceptors (Lipinski definition) is 5. The molecule has 0 saturated carbocycles. The molecule has 0 aromatic heterocycles. The molecule has 1 amide bonds. The van der Waals surface area contributed by atoms with E-state index in [-0.39, 0.29) is 12.2 Å². The SMILES string of the molecule is C=C(C(=O)OC)[C@@H]1c2ccccc2NC(=O)[C@H]1C(=O)OCC. The molecule has 22 heavy (non-hydrogen) atoms. The Hall–Kier alpha value is -2.63. The van der Waals surface area contributed by atoms with Crippen molar-refractivity contribution in [3.05, 3.63) is 42.0 Å². The van der Waals surface area contributed by atoms with Gasteiger partial charge in [-0.3, -0.25) is 9.59 Å². The maximum Gasteiger partial charge on any atom is 0.333 e. The van der Waals surface area contributed by atoms with Gasteiger partial charge in [-0.2, -0.15) is 0 Å². The van der Waals surface area contributed by atoms with Crippen LogP contribution in [-0.4, -0.2) is 31.6 Å². The highest BCUT2D eigenvalue weighted by molar-refractivity contribution is 6.10. The van der Waals surface area contributed by atoms with Crippen LogP contribution >= 0.6 is 0 Å². The van der Waals surface area contributed by atoms with Gasteiger partial charge in [0.1, 0.15) is 5.92 Å². The predicted octanol–water partition coefficient (Wildman–Crippen LogP) is 1.63. The van der Waals surface area contributed by atoms with E-state index in [2.05, 4.69) is 16.6 Å².